The lowest BCUT2D eigenvalue weighted by Gasteiger charge is -2.38. The van der Waals surface area contributed by atoms with E-state index in [9.17, 15) is 4.79 Å². The number of hydrogen-bond acceptors (Lipinski definition) is 6. The van der Waals surface area contributed by atoms with Crippen LogP contribution in [0.4, 0.5) is 11.4 Å². The molecule has 5 rings (SSSR count). The molecule has 1 amide bonds. The molecule has 32 heavy (non-hydrogen) atoms. The van der Waals surface area contributed by atoms with Crippen LogP contribution >= 0.6 is 11.6 Å². The molecule has 9 heteroatoms. The Morgan fingerprint density at radius 1 is 1.12 bits per heavy atom. The molecule has 4 aromatic rings. The molecule has 1 aromatic carbocycles. The van der Waals surface area contributed by atoms with E-state index in [1.54, 1.807) is 29.1 Å². The highest BCUT2D eigenvalue weighted by Gasteiger charge is 2.24. The van der Waals surface area contributed by atoms with Crippen LogP contribution in [-0.2, 0) is 0 Å². The van der Waals surface area contributed by atoms with Crippen molar-refractivity contribution >= 4 is 45.6 Å². The molecule has 0 spiro atoms. The maximum Gasteiger partial charge on any atom is 0.257 e. The second-order valence-electron chi connectivity index (χ2n) is 8.40. The zero-order valence-electron chi connectivity index (χ0n) is 18.1. The SMILES string of the molecule is Cc1cn2cc(NC(=O)c3ccc(N4C[C@H](C)N[C@@H](C)C4)c4nccnc34)cc(Cl)c2n1. The van der Waals surface area contributed by atoms with Gasteiger partial charge < -0.3 is 19.9 Å². The lowest BCUT2D eigenvalue weighted by Crippen LogP contribution is -2.54. The summed E-state index contributed by atoms with van der Waals surface area (Å²) in [6, 6.07) is 6.21. The summed E-state index contributed by atoms with van der Waals surface area (Å²) in [6.45, 7) is 7.97. The van der Waals surface area contributed by atoms with Crippen LogP contribution in [0.3, 0.4) is 0 Å². The van der Waals surface area contributed by atoms with Crippen molar-refractivity contribution in [3.8, 4) is 0 Å². The molecule has 2 N–H and O–H groups in total. The number of halogens is 1. The third kappa shape index (κ3) is 3.76. The van der Waals surface area contributed by atoms with Crippen molar-refractivity contribution in [2.24, 2.45) is 0 Å². The highest BCUT2D eigenvalue weighted by molar-refractivity contribution is 6.33. The molecule has 1 aliphatic rings. The third-order valence-corrected chi connectivity index (χ3v) is 5.91. The van der Waals surface area contributed by atoms with Crippen molar-refractivity contribution in [3.63, 3.8) is 0 Å². The largest absolute Gasteiger partial charge is 0.367 e. The number of rotatable bonds is 3. The number of imidazole rings is 1. The minimum absolute atomic E-state index is 0.267. The van der Waals surface area contributed by atoms with E-state index >= 15 is 0 Å². The molecular weight excluding hydrogens is 426 g/mol. The van der Waals surface area contributed by atoms with Gasteiger partial charge in [-0.3, -0.25) is 14.8 Å². The summed E-state index contributed by atoms with van der Waals surface area (Å²) >= 11 is 6.36. The van der Waals surface area contributed by atoms with Gasteiger partial charge in [0, 0.05) is 50.0 Å². The number of amides is 1. The molecule has 4 heterocycles. The molecule has 0 unspecified atom stereocenters. The average Bonchev–Trinajstić information content (AvgIpc) is 3.13. The molecule has 0 bridgehead atoms. The fourth-order valence-electron chi connectivity index (χ4n) is 4.45. The van der Waals surface area contributed by atoms with E-state index in [0.29, 0.717) is 39.5 Å². The van der Waals surface area contributed by atoms with E-state index in [-0.39, 0.29) is 5.91 Å². The highest BCUT2D eigenvalue weighted by atomic mass is 35.5. The van der Waals surface area contributed by atoms with Crippen molar-refractivity contribution in [3.05, 3.63) is 59.3 Å². The van der Waals surface area contributed by atoms with E-state index in [1.807, 2.05) is 25.3 Å². The van der Waals surface area contributed by atoms with E-state index in [1.165, 1.54) is 0 Å². The second-order valence-corrected chi connectivity index (χ2v) is 8.81. The summed E-state index contributed by atoms with van der Waals surface area (Å²) in [7, 11) is 0. The van der Waals surface area contributed by atoms with Gasteiger partial charge in [0.15, 0.2) is 5.65 Å². The van der Waals surface area contributed by atoms with Crippen LogP contribution in [-0.4, -0.2) is 50.4 Å². The number of nitrogens with zero attached hydrogens (tertiary/aromatic N) is 5. The van der Waals surface area contributed by atoms with Crippen molar-refractivity contribution < 1.29 is 4.79 Å². The predicted octanol–water partition coefficient (Wildman–Crippen LogP) is 3.68. The number of hydrogen-bond donors (Lipinski definition) is 2. The van der Waals surface area contributed by atoms with Gasteiger partial charge in [0.2, 0.25) is 0 Å². The van der Waals surface area contributed by atoms with E-state index in [2.05, 4.69) is 44.3 Å². The van der Waals surface area contributed by atoms with Gasteiger partial charge in [-0.2, -0.15) is 0 Å². The Kier molecular flexibility index (Phi) is 5.19. The molecular formula is C23H24ClN7O. The normalized spacial score (nSPS) is 18.9. The first-order valence-electron chi connectivity index (χ1n) is 10.6. The van der Waals surface area contributed by atoms with Crippen LogP contribution < -0.4 is 15.5 Å². The van der Waals surface area contributed by atoms with Crippen LogP contribution in [0.2, 0.25) is 5.02 Å². The van der Waals surface area contributed by atoms with Gasteiger partial charge in [0.25, 0.3) is 5.91 Å². The number of fused-ring (bicyclic) bond motifs is 2. The maximum absolute atomic E-state index is 13.2. The number of piperazine rings is 1. The molecule has 1 fully saturated rings. The highest BCUT2D eigenvalue weighted by Crippen LogP contribution is 2.29. The number of pyridine rings is 1. The smallest absolute Gasteiger partial charge is 0.257 e. The van der Waals surface area contributed by atoms with Crippen molar-refractivity contribution in [2.75, 3.05) is 23.3 Å². The summed E-state index contributed by atoms with van der Waals surface area (Å²) in [5.74, 6) is -0.267. The molecule has 8 nitrogen and oxygen atoms in total. The Balaban J connectivity index is 1.50. The number of benzene rings is 1. The van der Waals surface area contributed by atoms with Crippen molar-refractivity contribution in [2.45, 2.75) is 32.9 Å². The lowest BCUT2D eigenvalue weighted by atomic mass is 10.1. The number of aryl methyl sites for hydroxylation is 1. The van der Waals surface area contributed by atoms with Gasteiger partial charge in [-0.15, -0.1) is 0 Å². The zero-order valence-corrected chi connectivity index (χ0v) is 18.9. The number of anilines is 2. The van der Waals surface area contributed by atoms with Crippen LogP contribution in [0.5, 0.6) is 0 Å². The summed E-state index contributed by atoms with van der Waals surface area (Å²) in [6.07, 6.45) is 6.94. The first-order chi connectivity index (χ1) is 15.4. The van der Waals surface area contributed by atoms with Gasteiger partial charge in [-0.05, 0) is 39.0 Å². The van der Waals surface area contributed by atoms with E-state index < -0.39 is 0 Å². The van der Waals surface area contributed by atoms with Gasteiger partial charge in [-0.1, -0.05) is 11.6 Å². The molecule has 1 aliphatic heterocycles. The van der Waals surface area contributed by atoms with E-state index in [0.717, 1.165) is 30.0 Å². The first-order valence-corrected chi connectivity index (χ1v) is 11.0. The minimum Gasteiger partial charge on any atom is -0.367 e. The summed E-state index contributed by atoms with van der Waals surface area (Å²) < 4.78 is 1.81. The van der Waals surface area contributed by atoms with E-state index in [4.69, 9.17) is 11.6 Å². The Hall–Kier alpha value is -3.23. The Labute approximate surface area is 190 Å². The topological polar surface area (TPSA) is 87.5 Å². The van der Waals surface area contributed by atoms with Gasteiger partial charge in [0.1, 0.15) is 11.0 Å². The number of carbonyl (C=O) groups is 1. The first kappa shape index (κ1) is 20.7. The van der Waals surface area contributed by atoms with Crippen molar-refractivity contribution in [1.82, 2.24) is 24.7 Å². The molecule has 0 radical (unpaired) electrons. The Morgan fingerprint density at radius 3 is 2.59 bits per heavy atom. The number of nitrogens with one attached hydrogen (secondary N) is 2. The molecule has 3 aromatic heterocycles. The van der Waals surface area contributed by atoms with Crippen LogP contribution in [0.1, 0.15) is 29.9 Å². The Morgan fingerprint density at radius 2 is 1.84 bits per heavy atom. The standard InChI is InChI=1S/C23H24ClN7O/c1-13-9-30(10-14(2)27-13)19-5-4-17(20-21(19)26-7-6-25-20)23(32)29-16-8-18(24)22-28-15(3)11-31(22)12-16/h4-8,11-14,27H,9-10H2,1-3H3,(H,29,32)/t13-,14-/m0/s1. The third-order valence-electron chi connectivity index (χ3n) is 5.63. The monoisotopic (exact) mass is 449 g/mol. The number of carbonyl (C=O) groups excluding carboxylic acids is 1. The van der Waals surface area contributed by atoms with Crippen LogP contribution in [0.15, 0.2) is 43.0 Å². The maximum atomic E-state index is 13.2. The van der Waals surface area contributed by atoms with Crippen LogP contribution in [0, 0.1) is 6.92 Å². The lowest BCUT2D eigenvalue weighted by molar-refractivity contribution is 0.102. The molecule has 0 aliphatic carbocycles. The van der Waals surface area contributed by atoms with Gasteiger partial charge in [-0.25, -0.2) is 4.98 Å². The van der Waals surface area contributed by atoms with Crippen molar-refractivity contribution in [1.29, 1.82) is 0 Å². The second kappa shape index (κ2) is 8.03. The summed E-state index contributed by atoms with van der Waals surface area (Å²) in [5.41, 5.74) is 4.84. The zero-order chi connectivity index (χ0) is 22.4. The number of aromatic nitrogens is 4. The van der Waals surface area contributed by atoms with Gasteiger partial charge in [0.05, 0.1) is 27.7 Å². The molecule has 164 valence electrons. The van der Waals surface area contributed by atoms with Crippen LogP contribution in [0.25, 0.3) is 16.7 Å². The quantitative estimate of drug-likeness (QED) is 0.496. The Bertz CT molecular complexity index is 1320. The molecule has 0 saturated carbocycles. The fourth-order valence-corrected chi connectivity index (χ4v) is 4.71. The van der Waals surface area contributed by atoms with Gasteiger partial charge >= 0.3 is 0 Å². The molecule has 1 saturated heterocycles. The summed E-state index contributed by atoms with van der Waals surface area (Å²) in [5, 5.41) is 6.96. The fraction of sp³-hybridized carbons (Fsp3) is 0.304. The summed E-state index contributed by atoms with van der Waals surface area (Å²) in [4.78, 5) is 29.0. The minimum atomic E-state index is -0.267. The predicted molar refractivity (Wildman–Crippen MR) is 127 cm³/mol. The average molecular weight is 450 g/mol. The molecule has 2 atom stereocenters.